The first-order valence-electron chi connectivity index (χ1n) is 10.1. The van der Waals surface area contributed by atoms with Crippen LogP contribution in [0.4, 0.5) is 21.9 Å². The van der Waals surface area contributed by atoms with Gasteiger partial charge in [-0.15, -0.1) is 0 Å². The van der Waals surface area contributed by atoms with E-state index >= 15 is 0 Å². The van der Waals surface area contributed by atoms with Crippen molar-refractivity contribution in [2.45, 2.75) is 43.1 Å². The Morgan fingerprint density at radius 2 is 1.47 bits per heavy atom. The summed E-state index contributed by atoms with van der Waals surface area (Å²) in [7, 11) is 0. The van der Waals surface area contributed by atoms with E-state index in [-0.39, 0.29) is 5.91 Å². The third kappa shape index (κ3) is 6.78. The Morgan fingerprint density at radius 1 is 0.875 bits per heavy atom. The molecule has 2 amide bonds. The molecule has 0 aliphatic rings. The number of carbonyl (C=O) groups is 2. The summed E-state index contributed by atoms with van der Waals surface area (Å²) in [6.45, 7) is 7.43. The van der Waals surface area contributed by atoms with Crippen LogP contribution in [0.5, 0.6) is 0 Å². The van der Waals surface area contributed by atoms with Crippen LogP contribution in [0.1, 0.15) is 36.7 Å². The van der Waals surface area contributed by atoms with Crippen molar-refractivity contribution in [2.75, 3.05) is 16.4 Å². The van der Waals surface area contributed by atoms with Gasteiger partial charge < -0.3 is 15.8 Å². The molecule has 0 unspecified atom stereocenters. The van der Waals surface area contributed by atoms with E-state index in [9.17, 15) is 9.59 Å². The lowest BCUT2D eigenvalue weighted by Crippen LogP contribution is -2.27. The number of benzene rings is 3. The number of carbonyl (C=O) groups excluding carboxylic acids is 2. The average Bonchev–Trinajstić information content (AvgIpc) is 2.71. The zero-order valence-electron chi connectivity index (χ0n) is 18.6. The monoisotopic (exact) mass is 449 g/mol. The molecule has 7 heteroatoms. The first kappa shape index (κ1) is 23.2. The predicted octanol–water partition coefficient (Wildman–Crippen LogP) is 6.33. The number of nitrogen functional groups attached to an aromatic ring is 1. The first-order chi connectivity index (χ1) is 15.1. The van der Waals surface area contributed by atoms with Gasteiger partial charge in [-0.2, -0.15) is 0 Å². The van der Waals surface area contributed by atoms with Gasteiger partial charge in [-0.25, -0.2) is 4.79 Å². The number of hydrogen-bond donors (Lipinski definition) is 3. The van der Waals surface area contributed by atoms with E-state index in [0.717, 1.165) is 21.0 Å². The van der Waals surface area contributed by atoms with Gasteiger partial charge in [0.15, 0.2) is 0 Å². The summed E-state index contributed by atoms with van der Waals surface area (Å²) in [5.41, 5.74) is 9.15. The smallest absolute Gasteiger partial charge is 0.412 e. The summed E-state index contributed by atoms with van der Waals surface area (Å²) >= 11 is 1.48. The molecule has 6 nitrogen and oxygen atoms in total. The SMILES string of the molecule is Cc1ccc(NC(=O)c2ccc(Sc3ccc(NC(=O)OC(C)(C)C)cc3)c(N)c2)cc1. The van der Waals surface area contributed by atoms with Crippen LogP contribution in [0.15, 0.2) is 76.5 Å². The van der Waals surface area contributed by atoms with Crippen molar-refractivity contribution >= 4 is 40.8 Å². The molecule has 0 aromatic heterocycles. The molecule has 3 aromatic rings. The summed E-state index contributed by atoms with van der Waals surface area (Å²) < 4.78 is 5.25. The van der Waals surface area contributed by atoms with E-state index < -0.39 is 11.7 Å². The number of anilines is 3. The Morgan fingerprint density at radius 3 is 2.06 bits per heavy atom. The van der Waals surface area contributed by atoms with Gasteiger partial charge in [-0.1, -0.05) is 29.5 Å². The highest BCUT2D eigenvalue weighted by Crippen LogP contribution is 2.33. The number of rotatable bonds is 5. The van der Waals surface area contributed by atoms with Crippen LogP contribution in [0.3, 0.4) is 0 Å². The van der Waals surface area contributed by atoms with E-state index in [4.69, 9.17) is 10.5 Å². The van der Waals surface area contributed by atoms with Crippen LogP contribution in [0.2, 0.25) is 0 Å². The Balaban J connectivity index is 1.62. The van der Waals surface area contributed by atoms with Gasteiger partial charge in [0, 0.05) is 32.4 Å². The highest BCUT2D eigenvalue weighted by Gasteiger charge is 2.16. The largest absolute Gasteiger partial charge is 0.444 e. The van der Waals surface area contributed by atoms with Crippen molar-refractivity contribution in [1.82, 2.24) is 0 Å². The molecule has 0 aliphatic heterocycles. The van der Waals surface area contributed by atoms with Crippen LogP contribution >= 0.6 is 11.8 Å². The van der Waals surface area contributed by atoms with Crippen molar-refractivity contribution in [2.24, 2.45) is 0 Å². The van der Waals surface area contributed by atoms with Gasteiger partial charge in [0.05, 0.1) is 0 Å². The molecule has 0 saturated heterocycles. The number of ether oxygens (including phenoxy) is 1. The lowest BCUT2D eigenvalue weighted by molar-refractivity contribution is 0.0635. The Hall–Kier alpha value is -3.45. The van der Waals surface area contributed by atoms with Gasteiger partial charge >= 0.3 is 6.09 Å². The number of nitrogens with one attached hydrogen (secondary N) is 2. The number of amides is 2. The molecule has 0 saturated carbocycles. The third-order valence-electron chi connectivity index (χ3n) is 4.31. The second-order valence-electron chi connectivity index (χ2n) is 8.33. The molecular formula is C25H27N3O3S. The maximum Gasteiger partial charge on any atom is 0.412 e. The summed E-state index contributed by atoms with van der Waals surface area (Å²) in [6, 6.07) is 20.2. The van der Waals surface area contributed by atoms with Gasteiger partial charge in [-0.05, 0) is 82.3 Å². The second-order valence-corrected chi connectivity index (χ2v) is 9.44. The molecule has 166 valence electrons. The fourth-order valence-electron chi connectivity index (χ4n) is 2.78. The topological polar surface area (TPSA) is 93.5 Å². The average molecular weight is 450 g/mol. The molecule has 4 N–H and O–H groups in total. The van der Waals surface area contributed by atoms with Crippen LogP contribution in [0.25, 0.3) is 0 Å². The molecule has 32 heavy (non-hydrogen) atoms. The van der Waals surface area contributed by atoms with Crippen molar-refractivity contribution in [3.05, 3.63) is 77.9 Å². The highest BCUT2D eigenvalue weighted by molar-refractivity contribution is 7.99. The minimum absolute atomic E-state index is 0.213. The van der Waals surface area contributed by atoms with E-state index in [2.05, 4.69) is 10.6 Å². The Bertz CT molecular complexity index is 1100. The summed E-state index contributed by atoms with van der Waals surface area (Å²) in [5.74, 6) is -0.213. The molecule has 3 rings (SSSR count). The molecule has 0 fully saturated rings. The predicted molar refractivity (Wildman–Crippen MR) is 130 cm³/mol. The molecule has 3 aromatic carbocycles. The van der Waals surface area contributed by atoms with E-state index in [1.807, 2.05) is 70.2 Å². The van der Waals surface area contributed by atoms with Gasteiger partial charge in [0.1, 0.15) is 5.60 Å². The van der Waals surface area contributed by atoms with Gasteiger partial charge in [0.2, 0.25) is 0 Å². The second kappa shape index (κ2) is 9.78. The lowest BCUT2D eigenvalue weighted by atomic mass is 10.1. The van der Waals surface area contributed by atoms with Crippen molar-refractivity contribution < 1.29 is 14.3 Å². The minimum atomic E-state index is -0.555. The summed E-state index contributed by atoms with van der Waals surface area (Å²) in [6.07, 6.45) is -0.498. The maximum absolute atomic E-state index is 12.5. The molecule has 0 heterocycles. The molecule has 0 aliphatic carbocycles. The van der Waals surface area contributed by atoms with Crippen LogP contribution in [-0.2, 0) is 4.74 Å². The van der Waals surface area contributed by atoms with Crippen LogP contribution in [0, 0.1) is 6.92 Å². The lowest BCUT2D eigenvalue weighted by Gasteiger charge is -2.19. The molecule has 0 radical (unpaired) electrons. The minimum Gasteiger partial charge on any atom is -0.444 e. The van der Waals surface area contributed by atoms with Crippen molar-refractivity contribution in [1.29, 1.82) is 0 Å². The fourth-order valence-corrected chi connectivity index (χ4v) is 3.62. The zero-order valence-corrected chi connectivity index (χ0v) is 19.4. The molecule has 0 spiro atoms. The zero-order chi connectivity index (χ0) is 23.3. The van der Waals surface area contributed by atoms with Gasteiger partial charge in [-0.3, -0.25) is 10.1 Å². The Kier molecular flexibility index (Phi) is 7.10. The van der Waals surface area contributed by atoms with Crippen LogP contribution < -0.4 is 16.4 Å². The van der Waals surface area contributed by atoms with Crippen molar-refractivity contribution in [3.63, 3.8) is 0 Å². The molecule has 0 atom stereocenters. The molecule has 0 bridgehead atoms. The fraction of sp³-hybridized carbons (Fsp3) is 0.200. The summed E-state index contributed by atoms with van der Waals surface area (Å²) in [5, 5.41) is 5.58. The third-order valence-corrected chi connectivity index (χ3v) is 5.41. The quantitative estimate of drug-likeness (QED) is 0.396. The Labute approximate surface area is 192 Å². The van der Waals surface area contributed by atoms with E-state index in [0.29, 0.717) is 16.9 Å². The van der Waals surface area contributed by atoms with E-state index in [1.165, 1.54) is 11.8 Å². The molecular weight excluding hydrogens is 422 g/mol. The van der Waals surface area contributed by atoms with Crippen molar-refractivity contribution in [3.8, 4) is 0 Å². The summed E-state index contributed by atoms with van der Waals surface area (Å²) in [4.78, 5) is 26.2. The standard InChI is InChI=1S/C25H27N3O3S/c1-16-5-8-18(9-6-16)27-23(29)17-7-14-22(21(26)15-17)32-20-12-10-19(11-13-20)28-24(30)31-25(2,3)4/h5-15H,26H2,1-4H3,(H,27,29)(H,28,30). The maximum atomic E-state index is 12.5. The van der Waals surface area contributed by atoms with E-state index in [1.54, 1.807) is 24.3 Å². The number of aryl methyl sites for hydroxylation is 1. The van der Waals surface area contributed by atoms with Gasteiger partial charge in [0.25, 0.3) is 5.91 Å². The van der Waals surface area contributed by atoms with Crippen LogP contribution in [-0.4, -0.2) is 17.6 Å². The first-order valence-corrected chi connectivity index (χ1v) is 11.0. The normalized spacial score (nSPS) is 11.0. The number of nitrogens with two attached hydrogens (primary N) is 1. The number of hydrogen-bond acceptors (Lipinski definition) is 5. The highest BCUT2D eigenvalue weighted by atomic mass is 32.2.